The Bertz CT molecular complexity index is 1140. The minimum Gasteiger partial charge on any atom is -0.360 e. The minimum absolute atomic E-state index is 0.0885. The third-order valence-electron chi connectivity index (χ3n) is 7.75. The van der Waals surface area contributed by atoms with Gasteiger partial charge in [0.05, 0.1) is 0 Å². The van der Waals surface area contributed by atoms with E-state index in [1.54, 1.807) is 14.7 Å². The van der Waals surface area contributed by atoms with Gasteiger partial charge in [-0.1, -0.05) is 35.5 Å². The molecule has 2 aromatic rings. The van der Waals surface area contributed by atoms with Gasteiger partial charge in [-0.3, -0.25) is 4.79 Å². The van der Waals surface area contributed by atoms with Crippen LogP contribution in [0.5, 0.6) is 0 Å². The molecule has 36 heavy (non-hydrogen) atoms. The summed E-state index contributed by atoms with van der Waals surface area (Å²) in [6, 6.07) is 12.3. The van der Waals surface area contributed by atoms with Crippen LogP contribution in [0.15, 0.2) is 40.9 Å². The molecule has 1 amide bonds. The molecule has 1 aliphatic carbocycles. The summed E-state index contributed by atoms with van der Waals surface area (Å²) in [5.41, 5.74) is 1.54. The quantitative estimate of drug-likeness (QED) is 0.559. The largest absolute Gasteiger partial charge is 0.360 e. The number of aromatic nitrogens is 1. The number of piperidine rings is 2. The highest BCUT2D eigenvalue weighted by Gasteiger charge is 2.39. The van der Waals surface area contributed by atoms with Gasteiger partial charge in [-0.25, -0.2) is 0 Å². The number of hydrogen-bond acceptors (Lipinski definition) is 6. The fourth-order valence-corrected chi connectivity index (χ4v) is 7.28. The second-order valence-electron chi connectivity index (χ2n) is 10.5. The Kier molecular flexibility index (Phi) is 7.48. The lowest BCUT2D eigenvalue weighted by Gasteiger charge is -2.41. The maximum Gasteiger partial charge on any atom is 0.282 e. The van der Waals surface area contributed by atoms with Gasteiger partial charge in [0.25, 0.3) is 16.1 Å². The summed E-state index contributed by atoms with van der Waals surface area (Å²) in [7, 11) is -3.54. The molecule has 10 heteroatoms. The first-order chi connectivity index (χ1) is 17.3. The molecule has 5 rings (SSSR count). The smallest absolute Gasteiger partial charge is 0.282 e. The predicted octanol–water partition coefficient (Wildman–Crippen LogP) is 3.19. The van der Waals surface area contributed by atoms with Gasteiger partial charge in [0, 0.05) is 55.8 Å². The van der Waals surface area contributed by atoms with Crippen LogP contribution in [-0.4, -0.2) is 65.9 Å². The number of benzene rings is 1. The molecule has 3 fully saturated rings. The SMILES string of the molecule is C[C@H](NC1CCN(S(=O)(=O)N2CC[C@H](NC(=O)c3cc(C4CC4)on3)C[C@@H]2C)CC1)c1ccccc1. The maximum absolute atomic E-state index is 13.4. The highest BCUT2D eigenvalue weighted by Crippen LogP contribution is 2.40. The van der Waals surface area contributed by atoms with Crippen LogP contribution in [0, 0.1) is 0 Å². The van der Waals surface area contributed by atoms with E-state index in [4.69, 9.17) is 4.52 Å². The molecule has 2 N–H and O–H groups in total. The summed E-state index contributed by atoms with van der Waals surface area (Å²) in [6.07, 6.45) is 4.90. The van der Waals surface area contributed by atoms with Crippen LogP contribution in [0.4, 0.5) is 0 Å². The second kappa shape index (κ2) is 10.6. The van der Waals surface area contributed by atoms with Crippen LogP contribution in [0.2, 0.25) is 0 Å². The van der Waals surface area contributed by atoms with Crippen LogP contribution >= 0.6 is 0 Å². The molecule has 1 aromatic carbocycles. The molecule has 2 saturated heterocycles. The molecular weight excluding hydrogens is 478 g/mol. The van der Waals surface area contributed by atoms with Crippen molar-refractivity contribution in [2.45, 2.75) is 82.5 Å². The zero-order valence-corrected chi connectivity index (χ0v) is 21.9. The lowest BCUT2D eigenvalue weighted by atomic mass is 10.0. The molecule has 196 valence electrons. The first-order valence-corrected chi connectivity index (χ1v) is 14.6. The third kappa shape index (κ3) is 5.66. The van der Waals surface area contributed by atoms with E-state index in [-0.39, 0.29) is 24.0 Å². The Morgan fingerprint density at radius 3 is 2.42 bits per heavy atom. The topological polar surface area (TPSA) is 108 Å². The lowest BCUT2D eigenvalue weighted by molar-refractivity contribution is 0.0903. The third-order valence-corrected chi connectivity index (χ3v) is 9.91. The zero-order chi connectivity index (χ0) is 25.3. The Balaban J connectivity index is 1.10. The van der Waals surface area contributed by atoms with Crippen LogP contribution in [0.1, 0.15) is 86.1 Å². The van der Waals surface area contributed by atoms with Crippen molar-refractivity contribution in [3.8, 4) is 0 Å². The normalized spacial score (nSPS) is 25.5. The van der Waals surface area contributed by atoms with Gasteiger partial charge in [0.2, 0.25) is 0 Å². The fourth-order valence-electron chi connectivity index (χ4n) is 5.43. The van der Waals surface area contributed by atoms with E-state index in [9.17, 15) is 13.2 Å². The maximum atomic E-state index is 13.4. The summed E-state index contributed by atoms with van der Waals surface area (Å²) >= 11 is 0. The molecule has 0 bridgehead atoms. The molecule has 0 unspecified atom stereocenters. The van der Waals surface area contributed by atoms with Crippen LogP contribution in [0.3, 0.4) is 0 Å². The number of nitrogens with zero attached hydrogens (tertiary/aromatic N) is 3. The summed E-state index contributed by atoms with van der Waals surface area (Å²) in [6.45, 7) is 5.50. The highest BCUT2D eigenvalue weighted by molar-refractivity contribution is 7.86. The number of hydrogen-bond donors (Lipinski definition) is 2. The molecule has 3 aliphatic rings. The van der Waals surface area contributed by atoms with E-state index >= 15 is 0 Å². The van der Waals surface area contributed by atoms with Crippen LogP contribution in [-0.2, 0) is 10.2 Å². The Morgan fingerprint density at radius 1 is 1.06 bits per heavy atom. The molecular formula is C26H37N5O4S. The molecule has 2 aliphatic heterocycles. The monoisotopic (exact) mass is 515 g/mol. The van der Waals surface area contributed by atoms with E-state index < -0.39 is 10.2 Å². The number of rotatable bonds is 8. The average molecular weight is 516 g/mol. The summed E-state index contributed by atoms with van der Waals surface area (Å²) in [5.74, 6) is 0.932. The first kappa shape index (κ1) is 25.4. The Labute approximate surface area is 213 Å². The van der Waals surface area contributed by atoms with Crippen molar-refractivity contribution >= 4 is 16.1 Å². The number of amides is 1. The van der Waals surface area contributed by atoms with Crippen molar-refractivity contribution < 1.29 is 17.7 Å². The van der Waals surface area contributed by atoms with Crippen molar-refractivity contribution in [3.05, 3.63) is 53.4 Å². The second-order valence-corrected chi connectivity index (χ2v) is 12.4. The molecule has 1 aromatic heterocycles. The molecule has 3 heterocycles. The molecule has 1 saturated carbocycles. The standard InChI is InChI=1S/C26H37N5O4S/c1-18-16-23(28-26(32)24-17-25(35-29-24)21-8-9-21)12-15-31(18)36(33,34)30-13-10-22(11-14-30)27-19(2)20-6-4-3-5-7-20/h3-7,17-19,21-23,27H,8-16H2,1-2H3,(H,28,32)/t18-,19-,23-/m0/s1. The summed E-state index contributed by atoms with van der Waals surface area (Å²) in [4.78, 5) is 12.6. The van der Waals surface area contributed by atoms with Gasteiger partial charge < -0.3 is 15.2 Å². The lowest BCUT2D eigenvalue weighted by Crippen LogP contribution is -2.56. The van der Waals surface area contributed by atoms with E-state index in [0.717, 1.165) is 31.4 Å². The fraction of sp³-hybridized carbons (Fsp3) is 0.615. The van der Waals surface area contributed by atoms with Gasteiger partial charge >= 0.3 is 0 Å². The Morgan fingerprint density at radius 2 is 1.75 bits per heavy atom. The predicted molar refractivity (Wildman–Crippen MR) is 137 cm³/mol. The van der Waals surface area contributed by atoms with Gasteiger partial charge in [-0.15, -0.1) is 0 Å². The van der Waals surface area contributed by atoms with Crippen LogP contribution in [0.25, 0.3) is 0 Å². The summed E-state index contributed by atoms with van der Waals surface area (Å²) < 4.78 is 35.4. The number of carbonyl (C=O) groups excluding carboxylic acids is 1. The van der Waals surface area contributed by atoms with Crippen molar-refractivity contribution in [1.29, 1.82) is 0 Å². The van der Waals surface area contributed by atoms with Crippen molar-refractivity contribution in [1.82, 2.24) is 24.4 Å². The van der Waals surface area contributed by atoms with Crippen molar-refractivity contribution in [2.24, 2.45) is 0 Å². The average Bonchev–Trinajstić information content (AvgIpc) is 3.60. The van der Waals surface area contributed by atoms with Gasteiger partial charge in [0.15, 0.2) is 5.69 Å². The summed E-state index contributed by atoms with van der Waals surface area (Å²) in [5, 5.41) is 10.6. The number of carbonyl (C=O) groups is 1. The van der Waals surface area contributed by atoms with Gasteiger partial charge in [-0.05, 0) is 57.9 Å². The van der Waals surface area contributed by atoms with Crippen LogP contribution < -0.4 is 10.6 Å². The molecule has 9 nitrogen and oxygen atoms in total. The van der Waals surface area contributed by atoms with Crippen molar-refractivity contribution in [3.63, 3.8) is 0 Å². The van der Waals surface area contributed by atoms with E-state index in [0.29, 0.717) is 50.1 Å². The van der Waals surface area contributed by atoms with E-state index in [2.05, 4.69) is 34.8 Å². The minimum atomic E-state index is -3.54. The highest BCUT2D eigenvalue weighted by atomic mass is 32.2. The number of nitrogens with one attached hydrogen (secondary N) is 2. The van der Waals surface area contributed by atoms with E-state index in [1.165, 1.54) is 5.56 Å². The molecule has 0 radical (unpaired) electrons. The first-order valence-electron chi connectivity index (χ1n) is 13.2. The van der Waals surface area contributed by atoms with Crippen molar-refractivity contribution in [2.75, 3.05) is 19.6 Å². The van der Waals surface area contributed by atoms with Gasteiger partial charge in [-0.2, -0.15) is 17.0 Å². The van der Waals surface area contributed by atoms with E-state index in [1.807, 2.05) is 25.1 Å². The Hall–Kier alpha value is -2.27. The van der Waals surface area contributed by atoms with Gasteiger partial charge in [0.1, 0.15) is 5.76 Å². The zero-order valence-electron chi connectivity index (χ0n) is 21.1. The molecule has 0 spiro atoms. The molecule has 3 atom stereocenters.